The second-order valence-electron chi connectivity index (χ2n) is 5.72. The van der Waals surface area contributed by atoms with Gasteiger partial charge in [0.1, 0.15) is 5.75 Å². The number of aliphatic carboxylic acids is 1. The summed E-state index contributed by atoms with van der Waals surface area (Å²) in [4.78, 5) is 21.3. The predicted molar refractivity (Wildman–Crippen MR) is 82.0 cm³/mol. The van der Waals surface area contributed by atoms with Gasteiger partial charge in [-0.15, -0.1) is 0 Å². The van der Waals surface area contributed by atoms with Gasteiger partial charge in [0.25, 0.3) is 5.69 Å². The van der Waals surface area contributed by atoms with Crippen molar-refractivity contribution >= 4 is 11.7 Å². The van der Waals surface area contributed by atoms with E-state index in [9.17, 15) is 23.7 Å². The highest BCUT2D eigenvalue weighted by atomic mass is 19.3. The Morgan fingerprint density at radius 2 is 2.08 bits per heavy atom. The van der Waals surface area contributed by atoms with Crippen molar-refractivity contribution in [2.45, 2.75) is 33.4 Å². The lowest BCUT2D eigenvalue weighted by Gasteiger charge is -2.16. The SMILES string of the molecule is CC(C)CC(CNCc1cc([N+](=O)[O-])ccc1OC(F)F)C(=O)O. The summed E-state index contributed by atoms with van der Waals surface area (Å²) in [6.45, 7) is 0.824. The lowest BCUT2D eigenvalue weighted by Crippen LogP contribution is -2.29. The van der Waals surface area contributed by atoms with E-state index in [1.807, 2.05) is 13.8 Å². The monoisotopic (exact) mass is 346 g/mol. The van der Waals surface area contributed by atoms with Crippen LogP contribution in [-0.2, 0) is 11.3 Å². The molecule has 1 unspecified atom stereocenters. The number of nitro benzene ring substituents is 1. The van der Waals surface area contributed by atoms with Crippen LogP contribution >= 0.6 is 0 Å². The third-order valence-corrected chi connectivity index (χ3v) is 3.28. The minimum absolute atomic E-state index is 0.0222. The summed E-state index contributed by atoms with van der Waals surface area (Å²) < 4.78 is 29.1. The molecule has 2 N–H and O–H groups in total. The Labute approximate surface area is 137 Å². The summed E-state index contributed by atoms with van der Waals surface area (Å²) >= 11 is 0. The number of alkyl halides is 2. The Kier molecular flexibility index (Phi) is 7.50. The zero-order valence-corrected chi connectivity index (χ0v) is 13.4. The van der Waals surface area contributed by atoms with E-state index in [1.165, 1.54) is 0 Å². The van der Waals surface area contributed by atoms with Crippen LogP contribution in [0.2, 0.25) is 0 Å². The summed E-state index contributed by atoms with van der Waals surface area (Å²) in [6, 6.07) is 3.30. The van der Waals surface area contributed by atoms with Crippen LogP contribution in [0.15, 0.2) is 18.2 Å². The van der Waals surface area contributed by atoms with E-state index in [2.05, 4.69) is 10.1 Å². The molecule has 0 spiro atoms. The normalized spacial score (nSPS) is 12.4. The van der Waals surface area contributed by atoms with Gasteiger partial charge in [0, 0.05) is 30.8 Å². The van der Waals surface area contributed by atoms with Gasteiger partial charge in [-0.05, 0) is 18.4 Å². The zero-order valence-electron chi connectivity index (χ0n) is 13.4. The summed E-state index contributed by atoms with van der Waals surface area (Å²) in [5.41, 5.74) is -0.0939. The van der Waals surface area contributed by atoms with Gasteiger partial charge in [0.15, 0.2) is 0 Å². The fraction of sp³-hybridized carbons (Fsp3) is 0.533. The molecule has 9 heteroatoms. The number of hydrogen-bond donors (Lipinski definition) is 2. The van der Waals surface area contributed by atoms with Crippen molar-refractivity contribution in [2.75, 3.05) is 6.54 Å². The number of carboxylic acid groups (broad SMARTS) is 1. The van der Waals surface area contributed by atoms with Crippen molar-refractivity contribution < 1.29 is 28.3 Å². The third kappa shape index (κ3) is 6.45. The van der Waals surface area contributed by atoms with E-state index in [-0.39, 0.29) is 36.0 Å². The van der Waals surface area contributed by atoms with E-state index in [0.717, 1.165) is 18.2 Å². The highest BCUT2D eigenvalue weighted by molar-refractivity contribution is 5.70. The highest BCUT2D eigenvalue weighted by Crippen LogP contribution is 2.25. The van der Waals surface area contributed by atoms with Gasteiger partial charge in [-0.1, -0.05) is 13.8 Å². The number of rotatable bonds is 10. The van der Waals surface area contributed by atoms with Crippen molar-refractivity contribution in [3.8, 4) is 5.75 Å². The molecule has 0 aromatic heterocycles. The molecular weight excluding hydrogens is 326 g/mol. The molecule has 134 valence electrons. The summed E-state index contributed by atoms with van der Waals surface area (Å²) in [5, 5.41) is 22.8. The average Bonchev–Trinajstić information content (AvgIpc) is 2.46. The number of nitrogens with zero attached hydrogens (tertiary/aromatic N) is 1. The first-order chi connectivity index (χ1) is 11.2. The fourth-order valence-corrected chi connectivity index (χ4v) is 2.25. The molecule has 0 amide bonds. The molecule has 0 saturated heterocycles. The molecule has 7 nitrogen and oxygen atoms in total. The van der Waals surface area contributed by atoms with Crippen LogP contribution in [0.25, 0.3) is 0 Å². The number of non-ortho nitro benzene ring substituents is 1. The third-order valence-electron chi connectivity index (χ3n) is 3.28. The fourth-order valence-electron chi connectivity index (χ4n) is 2.25. The number of ether oxygens (including phenoxy) is 1. The van der Waals surface area contributed by atoms with Crippen molar-refractivity contribution in [3.63, 3.8) is 0 Å². The molecule has 1 aromatic carbocycles. The quantitative estimate of drug-likeness (QED) is 0.499. The second kappa shape index (κ2) is 9.11. The van der Waals surface area contributed by atoms with Crippen LogP contribution < -0.4 is 10.1 Å². The standard InChI is InChI=1S/C15H20F2N2O5/c1-9(2)5-11(14(20)21)8-18-7-10-6-12(19(22)23)3-4-13(10)24-15(16)17/h3-4,6,9,11,15,18H,5,7-8H2,1-2H3,(H,20,21). The van der Waals surface area contributed by atoms with Crippen molar-refractivity contribution in [3.05, 3.63) is 33.9 Å². The topological polar surface area (TPSA) is 102 Å². The lowest BCUT2D eigenvalue weighted by molar-refractivity contribution is -0.385. The average molecular weight is 346 g/mol. The van der Waals surface area contributed by atoms with E-state index >= 15 is 0 Å². The van der Waals surface area contributed by atoms with Crippen molar-refractivity contribution in [2.24, 2.45) is 11.8 Å². The first kappa shape index (κ1) is 19.8. The summed E-state index contributed by atoms with van der Waals surface area (Å²) in [7, 11) is 0. The predicted octanol–water partition coefficient (Wildman–Crippen LogP) is 3.03. The molecule has 0 heterocycles. The van der Waals surface area contributed by atoms with Gasteiger partial charge in [0.2, 0.25) is 0 Å². The largest absolute Gasteiger partial charge is 0.481 e. The highest BCUT2D eigenvalue weighted by Gasteiger charge is 2.19. The van der Waals surface area contributed by atoms with Crippen LogP contribution in [0.1, 0.15) is 25.8 Å². The smallest absolute Gasteiger partial charge is 0.387 e. The molecule has 0 bridgehead atoms. The maximum Gasteiger partial charge on any atom is 0.387 e. The van der Waals surface area contributed by atoms with Crippen LogP contribution in [0, 0.1) is 22.0 Å². The molecule has 0 aliphatic rings. The first-order valence-electron chi connectivity index (χ1n) is 7.36. The number of carboxylic acids is 1. The molecule has 24 heavy (non-hydrogen) atoms. The first-order valence-corrected chi connectivity index (χ1v) is 7.36. The Bertz CT molecular complexity index is 581. The maximum absolute atomic E-state index is 12.4. The molecule has 0 aliphatic heterocycles. The molecule has 0 fully saturated rings. The van der Waals surface area contributed by atoms with Gasteiger partial charge in [-0.2, -0.15) is 8.78 Å². The van der Waals surface area contributed by atoms with Gasteiger partial charge >= 0.3 is 12.6 Å². The molecule has 0 aliphatic carbocycles. The molecule has 1 rings (SSSR count). The van der Waals surface area contributed by atoms with Gasteiger partial charge in [-0.3, -0.25) is 14.9 Å². The van der Waals surface area contributed by atoms with Crippen LogP contribution in [0.4, 0.5) is 14.5 Å². The Morgan fingerprint density at radius 3 is 2.58 bits per heavy atom. The van der Waals surface area contributed by atoms with Crippen molar-refractivity contribution in [1.29, 1.82) is 0 Å². The van der Waals surface area contributed by atoms with Crippen molar-refractivity contribution in [1.82, 2.24) is 5.32 Å². The van der Waals surface area contributed by atoms with E-state index in [4.69, 9.17) is 5.11 Å². The number of halogens is 2. The molecular formula is C15H20F2N2O5. The Balaban J connectivity index is 2.81. The number of carbonyl (C=O) groups is 1. The number of nitrogens with one attached hydrogen (secondary N) is 1. The summed E-state index contributed by atoms with van der Waals surface area (Å²) in [5.74, 6) is -1.59. The van der Waals surface area contributed by atoms with Crippen LogP contribution in [-0.4, -0.2) is 29.2 Å². The molecule has 0 radical (unpaired) electrons. The van der Waals surface area contributed by atoms with Gasteiger partial charge in [0.05, 0.1) is 10.8 Å². The van der Waals surface area contributed by atoms with E-state index < -0.39 is 23.4 Å². The van der Waals surface area contributed by atoms with Crippen LogP contribution in [0.3, 0.4) is 0 Å². The second-order valence-corrected chi connectivity index (χ2v) is 5.72. The Morgan fingerprint density at radius 1 is 1.42 bits per heavy atom. The van der Waals surface area contributed by atoms with Gasteiger partial charge < -0.3 is 15.2 Å². The van der Waals surface area contributed by atoms with Crippen LogP contribution in [0.5, 0.6) is 5.75 Å². The summed E-state index contributed by atoms with van der Waals surface area (Å²) in [6.07, 6.45) is 0.456. The molecule has 1 atom stereocenters. The molecule has 0 saturated carbocycles. The van der Waals surface area contributed by atoms with E-state index in [0.29, 0.717) is 6.42 Å². The zero-order chi connectivity index (χ0) is 18.3. The Hall–Kier alpha value is -2.29. The number of nitro groups is 1. The number of hydrogen-bond acceptors (Lipinski definition) is 5. The minimum Gasteiger partial charge on any atom is -0.481 e. The minimum atomic E-state index is -3.06. The maximum atomic E-state index is 12.4. The molecule has 1 aromatic rings. The lowest BCUT2D eigenvalue weighted by atomic mass is 9.97. The van der Waals surface area contributed by atoms with Gasteiger partial charge in [-0.25, -0.2) is 0 Å². The van der Waals surface area contributed by atoms with E-state index in [1.54, 1.807) is 0 Å². The number of benzene rings is 1.